The molecule has 0 atom stereocenters. The first-order valence-corrected chi connectivity index (χ1v) is 4.93. The van der Waals surface area contributed by atoms with Gasteiger partial charge in [0, 0.05) is 0 Å². The molecule has 4 nitrogen and oxygen atoms in total. The summed E-state index contributed by atoms with van der Waals surface area (Å²) in [5.74, 6) is -0.0812. The fraction of sp³-hybridized carbons (Fsp3) is 0.125. The molecule has 2 aromatic rings. The van der Waals surface area contributed by atoms with Gasteiger partial charge >= 0.3 is 0 Å². The van der Waals surface area contributed by atoms with E-state index in [-0.39, 0.29) is 16.6 Å². The summed E-state index contributed by atoms with van der Waals surface area (Å²) in [6, 6.07) is 4.34. The summed E-state index contributed by atoms with van der Waals surface area (Å²) in [5, 5.41) is 10.9. The molecule has 0 fully saturated rings. The van der Waals surface area contributed by atoms with Crippen LogP contribution < -0.4 is 0 Å². The minimum atomic E-state index is -0.499. The van der Waals surface area contributed by atoms with Gasteiger partial charge in [0.2, 0.25) is 0 Å². The normalized spacial score (nSPS) is 10.6. The fourth-order valence-corrected chi connectivity index (χ4v) is 1.56. The molecule has 0 aliphatic heterocycles. The van der Waals surface area contributed by atoms with E-state index in [0.29, 0.717) is 5.82 Å². The first kappa shape index (κ1) is 10.3. The molecule has 0 spiro atoms. The van der Waals surface area contributed by atoms with Gasteiger partial charge in [-0.15, -0.1) is 16.7 Å². The van der Waals surface area contributed by atoms with Gasteiger partial charge in [-0.05, 0) is 22.6 Å². The van der Waals surface area contributed by atoms with Crippen molar-refractivity contribution >= 4 is 23.2 Å². The van der Waals surface area contributed by atoms with Gasteiger partial charge in [0.05, 0.1) is 10.9 Å². The number of para-hydroxylation sites is 1. The van der Waals surface area contributed by atoms with E-state index in [9.17, 15) is 4.39 Å². The Morgan fingerprint density at radius 1 is 1.40 bits per heavy atom. The second-order valence-electron chi connectivity index (χ2n) is 2.71. The number of nitrogens with zero attached hydrogens (tertiary/aromatic N) is 4. The molecule has 78 valence electrons. The van der Waals surface area contributed by atoms with E-state index in [1.165, 1.54) is 16.8 Å². The summed E-state index contributed by atoms with van der Waals surface area (Å²) in [5.41, 5.74) is 0.111. The van der Waals surface area contributed by atoms with Crippen molar-refractivity contribution in [1.29, 1.82) is 0 Å². The van der Waals surface area contributed by atoms with Crippen molar-refractivity contribution in [1.82, 2.24) is 20.2 Å². The van der Waals surface area contributed by atoms with Gasteiger partial charge in [-0.1, -0.05) is 17.7 Å². The van der Waals surface area contributed by atoms with Crippen LogP contribution >= 0.6 is 23.2 Å². The zero-order chi connectivity index (χ0) is 10.8. The highest BCUT2D eigenvalue weighted by Crippen LogP contribution is 2.23. The standard InChI is InChI=1S/C8H5Cl2FN4/c9-4-7-12-13-14-15(7)8-5(10)2-1-3-6(8)11/h1-3H,4H2. The summed E-state index contributed by atoms with van der Waals surface area (Å²) < 4.78 is 14.7. The van der Waals surface area contributed by atoms with Crippen molar-refractivity contribution in [3.05, 3.63) is 34.9 Å². The zero-order valence-corrected chi connectivity index (χ0v) is 8.87. The molecule has 0 bridgehead atoms. The SMILES string of the molecule is Fc1cccc(Cl)c1-n1nnnc1CCl. The van der Waals surface area contributed by atoms with E-state index in [2.05, 4.69) is 15.5 Å². The molecule has 0 unspecified atom stereocenters. The molecule has 0 saturated heterocycles. The first-order valence-electron chi connectivity index (χ1n) is 4.01. The van der Waals surface area contributed by atoms with Crippen molar-refractivity contribution in [3.8, 4) is 5.69 Å². The van der Waals surface area contributed by atoms with E-state index >= 15 is 0 Å². The average molecular weight is 247 g/mol. The first-order chi connectivity index (χ1) is 7.24. The van der Waals surface area contributed by atoms with Crippen LogP contribution in [0.5, 0.6) is 0 Å². The fourth-order valence-electron chi connectivity index (χ4n) is 1.15. The largest absolute Gasteiger partial charge is 0.205 e. The average Bonchev–Trinajstić information content (AvgIpc) is 2.65. The van der Waals surface area contributed by atoms with Crippen molar-refractivity contribution in [2.75, 3.05) is 0 Å². The quantitative estimate of drug-likeness (QED) is 0.764. The maximum Gasteiger partial charge on any atom is 0.171 e. The Morgan fingerprint density at radius 2 is 2.20 bits per heavy atom. The Labute approximate surface area is 94.6 Å². The van der Waals surface area contributed by atoms with Crippen LogP contribution in [0.1, 0.15) is 5.82 Å². The molecule has 0 N–H and O–H groups in total. The van der Waals surface area contributed by atoms with E-state index in [0.717, 1.165) is 0 Å². The van der Waals surface area contributed by atoms with Crippen molar-refractivity contribution < 1.29 is 4.39 Å². The van der Waals surface area contributed by atoms with Crippen LogP contribution in [0.25, 0.3) is 5.69 Å². The van der Waals surface area contributed by atoms with Gasteiger partial charge in [-0.2, -0.15) is 4.68 Å². The lowest BCUT2D eigenvalue weighted by molar-refractivity contribution is 0.604. The summed E-state index contributed by atoms with van der Waals surface area (Å²) in [4.78, 5) is 0. The molecule has 0 aliphatic carbocycles. The molecular formula is C8H5Cl2FN4. The Kier molecular flexibility index (Phi) is 2.83. The van der Waals surface area contributed by atoms with E-state index in [1.807, 2.05) is 0 Å². The van der Waals surface area contributed by atoms with Crippen LogP contribution in [0.15, 0.2) is 18.2 Å². The third kappa shape index (κ3) is 1.80. The van der Waals surface area contributed by atoms with E-state index < -0.39 is 5.82 Å². The molecule has 1 aromatic carbocycles. The van der Waals surface area contributed by atoms with E-state index in [1.54, 1.807) is 6.07 Å². The Hall–Kier alpha value is -1.20. The molecule has 0 radical (unpaired) electrons. The van der Waals surface area contributed by atoms with Gasteiger partial charge in [0.25, 0.3) is 0 Å². The molecule has 1 aromatic heterocycles. The third-order valence-electron chi connectivity index (χ3n) is 1.80. The maximum atomic E-state index is 13.5. The molecule has 0 saturated carbocycles. The monoisotopic (exact) mass is 246 g/mol. The molecular weight excluding hydrogens is 242 g/mol. The number of tetrazole rings is 1. The number of hydrogen-bond acceptors (Lipinski definition) is 3. The van der Waals surface area contributed by atoms with Gasteiger partial charge in [0.15, 0.2) is 11.6 Å². The van der Waals surface area contributed by atoms with Crippen molar-refractivity contribution in [2.45, 2.75) is 5.88 Å². The highest BCUT2D eigenvalue weighted by Gasteiger charge is 2.14. The van der Waals surface area contributed by atoms with E-state index in [4.69, 9.17) is 23.2 Å². The number of halogens is 3. The van der Waals surface area contributed by atoms with Gasteiger partial charge in [0.1, 0.15) is 5.69 Å². The minimum absolute atomic E-state index is 0.0810. The highest BCUT2D eigenvalue weighted by molar-refractivity contribution is 6.32. The van der Waals surface area contributed by atoms with Crippen LogP contribution in [0.2, 0.25) is 5.02 Å². The Bertz CT molecular complexity index is 465. The second kappa shape index (κ2) is 4.12. The second-order valence-corrected chi connectivity index (χ2v) is 3.39. The summed E-state index contributed by atoms with van der Waals surface area (Å²) in [6.45, 7) is 0. The zero-order valence-electron chi connectivity index (χ0n) is 7.36. The van der Waals surface area contributed by atoms with Crippen LogP contribution in [0.4, 0.5) is 4.39 Å². The van der Waals surface area contributed by atoms with Crippen LogP contribution in [-0.4, -0.2) is 20.2 Å². The highest BCUT2D eigenvalue weighted by atomic mass is 35.5. The maximum absolute atomic E-state index is 13.5. The number of hydrogen-bond donors (Lipinski definition) is 0. The van der Waals surface area contributed by atoms with Crippen LogP contribution in [0.3, 0.4) is 0 Å². The Morgan fingerprint density at radius 3 is 2.87 bits per heavy atom. The lowest BCUT2D eigenvalue weighted by Gasteiger charge is -2.05. The number of aromatic nitrogens is 4. The van der Waals surface area contributed by atoms with Crippen LogP contribution in [0, 0.1) is 5.82 Å². The molecule has 0 amide bonds. The molecule has 0 aliphatic rings. The molecule has 1 heterocycles. The molecule has 7 heteroatoms. The lowest BCUT2D eigenvalue weighted by atomic mass is 10.3. The number of alkyl halides is 1. The predicted octanol–water partition coefficient (Wildman–Crippen LogP) is 2.19. The summed E-state index contributed by atoms with van der Waals surface area (Å²) >= 11 is 11.4. The van der Waals surface area contributed by atoms with Gasteiger partial charge < -0.3 is 0 Å². The third-order valence-corrected chi connectivity index (χ3v) is 2.35. The predicted molar refractivity (Wildman–Crippen MR) is 53.7 cm³/mol. The summed E-state index contributed by atoms with van der Waals surface area (Å²) in [6.07, 6.45) is 0. The Balaban J connectivity index is 2.63. The minimum Gasteiger partial charge on any atom is -0.205 e. The lowest BCUT2D eigenvalue weighted by Crippen LogP contribution is -2.04. The van der Waals surface area contributed by atoms with Gasteiger partial charge in [-0.25, -0.2) is 4.39 Å². The molecule has 15 heavy (non-hydrogen) atoms. The van der Waals surface area contributed by atoms with Crippen molar-refractivity contribution in [3.63, 3.8) is 0 Å². The topological polar surface area (TPSA) is 43.6 Å². The molecule has 2 rings (SSSR count). The smallest absolute Gasteiger partial charge is 0.171 e. The summed E-state index contributed by atoms with van der Waals surface area (Å²) in [7, 11) is 0. The number of rotatable bonds is 2. The number of benzene rings is 1. The van der Waals surface area contributed by atoms with Gasteiger partial charge in [-0.3, -0.25) is 0 Å². The van der Waals surface area contributed by atoms with Crippen molar-refractivity contribution in [2.24, 2.45) is 0 Å². The van der Waals surface area contributed by atoms with Crippen LogP contribution in [-0.2, 0) is 5.88 Å².